The van der Waals surface area contributed by atoms with Crippen LogP contribution in [0, 0.1) is 13.8 Å². The van der Waals surface area contributed by atoms with Crippen LogP contribution in [0.5, 0.6) is 5.75 Å². The number of nitrogens with zero attached hydrogens (tertiary/aromatic N) is 1. The third-order valence-electron chi connectivity index (χ3n) is 3.57. The van der Waals surface area contributed by atoms with Crippen molar-refractivity contribution < 1.29 is 4.74 Å². The van der Waals surface area contributed by atoms with Gasteiger partial charge in [0, 0.05) is 10.9 Å². The van der Waals surface area contributed by atoms with E-state index >= 15 is 0 Å². The molecule has 4 heteroatoms. The van der Waals surface area contributed by atoms with Crippen LogP contribution in [0.25, 0.3) is 0 Å². The lowest BCUT2D eigenvalue weighted by molar-refractivity contribution is 0.400. The minimum atomic E-state index is 0.0930. The van der Waals surface area contributed by atoms with Gasteiger partial charge in [-0.25, -0.2) is 4.98 Å². The molecule has 0 spiro atoms. The number of nitrogens with one attached hydrogen (secondary N) is 1. The number of thiazole rings is 1. The molecule has 0 saturated carbocycles. The van der Waals surface area contributed by atoms with Crippen molar-refractivity contribution in [1.82, 2.24) is 10.3 Å². The fraction of sp³-hybridized carbons (Fsp3) is 0.438. The van der Waals surface area contributed by atoms with E-state index in [4.69, 9.17) is 4.74 Å². The Bertz CT molecular complexity index is 552. The van der Waals surface area contributed by atoms with Gasteiger partial charge in [0.2, 0.25) is 0 Å². The maximum absolute atomic E-state index is 5.65. The van der Waals surface area contributed by atoms with Gasteiger partial charge in [-0.1, -0.05) is 19.1 Å². The molecule has 108 valence electrons. The van der Waals surface area contributed by atoms with Gasteiger partial charge in [0.25, 0.3) is 0 Å². The minimum absolute atomic E-state index is 0.0930. The molecule has 1 aromatic heterocycles. The Morgan fingerprint density at radius 2 is 2.15 bits per heavy atom. The Morgan fingerprint density at radius 3 is 2.75 bits per heavy atom. The van der Waals surface area contributed by atoms with Crippen LogP contribution in [0.3, 0.4) is 0 Å². The topological polar surface area (TPSA) is 34.2 Å². The Hall–Kier alpha value is -1.39. The van der Waals surface area contributed by atoms with Gasteiger partial charge >= 0.3 is 0 Å². The molecule has 1 heterocycles. The molecule has 0 bridgehead atoms. The summed E-state index contributed by atoms with van der Waals surface area (Å²) >= 11 is 1.62. The highest BCUT2D eigenvalue weighted by Gasteiger charge is 2.21. The quantitative estimate of drug-likeness (QED) is 0.877. The maximum atomic E-state index is 5.65. The summed E-state index contributed by atoms with van der Waals surface area (Å²) in [6.07, 6.45) is 1.09. The van der Waals surface area contributed by atoms with Crippen LogP contribution in [-0.4, -0.2) is 18.6 Å². The lowest BCUT2D eigenvalue weighted by Gasteiger charge is -2.21. The van der Waals surface area contributed by atoms with Gasteiger partial charge in [-0.3, -0.25) is 0 Å². The summed E-state index contributed by atoms with van der Waals surface area (Å²) in [6.45, 7) is 7.34. The SMILES string of the molecule is CCCNC(c1cscn1)c1ccc(C)c(C)c1OC. The largest absolute Gasteiger partial charge is 0.496 e. The standard InChI is InChI=1S/C16H22N2OS/c1-5-8-17-15(14-9-20-10-18-14)13-7-6-11(2)12(3)16(13)19-4/h6-7,9-10,15,17H,5,8H2,1-4H3. The molecule has 0 fully saturated rings. The number of hydrogen-bond acceptors (Lipinski definition) is 4. The fourth-order valence-corrected chi connectivity index (χ4v) is 2.92. The third-order valence-corrected chi connectivity index (χ3v) is 4.17. The molecule has 1 unspecified atom stereocenters. The van der Waals surface area contributed by atoms with Crippen LogP contribution >= 0.6 is 11.3 Å². The molecule has 1 N–H and O–H groups in total. The molecule has 0 aliphatic carbocycles. The van der Waals surface area contributed by atoms with Crippen molar-refractivity contribution >= 4 is 11.3 Å². The summed E-state index contributed by atoms with van der Waals surface area (Å²) in [5.41, 5.74) is 6.55. The van der Waals surface area contributed by atoms with E-state index in [0.717, 1.165) is 30.0 Å². The molecule has 0 radical (unpaired) electrons. The second-order valence-corrected chi connectivity index (χ2v) is 5.65. The van der Waals surface area contributed by atoms with Crippen LogP contribution in [0.2, 0.25) is 0 Å². The van der Waals surface area contributed by atoms with Crippen molar-refractivity contribution in [2.45, 2.75) is 33.2 Å². The molecular weight excluding hydrogens is 268 g/mol. The second-order valence-electron chi connectivity index (χ2n) is 4.93. The van der Waals surface area contributed by atoms with E-state index in [2.05, 4.69) is 48.6 Å². The van der Waals surface area contributed by atoms with Crippen molar-refractivity contribution in [1.29, 1.82) is 0 Å². The first kappa shape index (κ1) is 15.0. The van der Waals surface area contributed by atoms with Gasteiger partial charge in [-0.05, 0) is 37.9 Å². The van der Waals surface area contributed by atoms with Crippen LogP contribution in [0.1, 0.15) is 41.8 Å². The van der Waals surface area contributed by atoms with Gasteiger partial charge in [0.1, 0.15) is 5.75 Å². The average Bonchev–Trinajstić information content (AvgIpc) is 2.97. The monoisotopic (exact) mass is 290 g/mol. The van der Waals surface area contributed by atoms with Gasteiger partial charge in [0.15, 0.2) is 0 Å². The molecule has 2 rings (SSSR count). The number of hydrogen-bond donors (Lipinski definition) is 1. The molecule has 0 saturated heterocycles. The number of rotatable bonds is 6. The summed E-state index contributed by atoms with van der Waals surface area (Å²) < 4.78 is 5.65. The van der Waals surface area contributed by atoms with Crippen LogP contribution in [0.15, 0.2) is 23.0 Å². The van der Waals surface area contributed by atoms with E-state index in [1.807, 2.05) is 5.51 Å². The van der Waals surface area contributed by atoms with Gasteiger partial charge in [-0.2, -0.15) is 0 Å². The lowest BCUT2D eigenvalue weighted by Crippen LogP contribution is -2.24. The number of aromatic nitrogens is 1. The normalized spacial score (nSPS) is 12.4. The Kier molecular flexibility index (Phi) is 5.15. The Morgan fingerprint density at radius 1 is 1.35 bits per heavy atom. The highest BCUT2D eigenvalue weighted by Crippen LogP contribution is 2.34. The molecular formula is C16H22N2OS. The minimum Gasteiger partial charge on any atom is -0.496 e. The number of methoxy groups -OCH3 is 1. The molecule has 20 heavy (non-hydrogen) atoms. The van der Waals surface area contributed by atoms with Crippen LogP contribution in [-0.2, 0) is 0 Å². The van der Waals surface area contributed by atoms with Crippen molar-refractivity contribution in [2.24, 2.45) is 0 Å². The zero-order valence-electron chi connectivity index (χ0n) is 12.6. The number of ether oxygens (including phenoxy) is 1. The summed E-state index contributed by atoms with van der Waals surface area (Å²) in [5, 5.41) is 5.67. The first-order valence-electron chi connectivity index (χ1n) is 6.94. The van der Waals surface area contributed by atoms with E-state index in [1.165, 1.54) is 11.1 Å². The highest BCUT2D eigenvalue weighted by molar-refractivity contribution is 7.07. The average molecular weight is 290 g/mol. The molecule has 1 aromatic carbocycles. The van der Waals surface area contributed by atoms with E-state index in [9.17, 15) is 0 Å². The fourth-order valence-electron chi connectivity index (χ4n) is 2.34. The smallest absolute Gasteiger partial charge is 0.127 e. The lowest BCUT2D eigenvalue weighted by atomic mass is 9.97. The summed E-state index contributed by atoms with van der Waals surface area (Å²) in [5.74, 6) is 0.964. The predicted octanol–water partition coefficient (Wildman–Crippen LogP) is 3.86. The zero-order valence-corrected chi connectivity index (χ0v) is 13.4. The molecule has 3 nitrogen and oxygen atoms in total. The highest BCUT2D eigenvalue weighted by atomic mass is 32.1. The third kappa shape index (κ3) is 3.02. The first-order chi connectivity index (χ1) is 9.69. The Balaban J connectivity index is 2.46. The van der Waals surface area contributed by atoms with E-state index < -0.39 is 0 Å². The van der Waals surface area contributed by atoms with Crippen molar-refractivity contribution in [3.63, 3.8) is 0 Å². The van der Waals surface area contributed by atoms with E-state index in [1.54, 1.807) is 18.4 Å². The van der Waals surface area contributed by atoms with Crippen molar-refractivity contribution in [3.8, 4) is 5.75 Å². The van der Waals surface area contributed by atoms with Crippen LogP contribution < -0.4 is 10.1 Å². The first-order valence-corrected chi connectivity index (χ1v) is 7.88. The summed E-state index contributed by atoms with van der Waals surface area (Å²) in [7, 11) is 1.74. The van der Waals surface area contributed by atoms with Gasteiger partial charge in [0.05, 0.1) is 24.4 Å². The molecule has 1 atom stereocenters. The zero-order chi connectivity index (χ0) is 14.5. The Labute approximate surface area is 125 Å². The van der Waals surface area contributed by atoms with Gasteiger partial charge < -0.3 is 10.1 Å². The summed E-state index contributed by atoms with van der Waals surface area (Å²) in [4.78, 5) is 4.47. The molecule has 0 aliphatic rings. The van der Waals surface area contributed by atoms with Crippen LogP contribution in [0.4, 0.5) is 0 Å². The van der Waals surface area contributed by atoms with Crippen molar-refractivity contribution in [2.75, 3.05) is 13.7 Å². The molecule has 0 aliphatic heterocycles. The maximum Gasteiger partial charge on any atom is 0.127 e. The second kappa shape index (κ2) is 6.86. The molecule has 0 amide bonds. The summed E-state index contributed by atoms with van der Waals surface area (Å²) in [6, 6.07) is 4.39. The molecule has 2 aromatic rings. The number of benzene rings is 1. The predicted molar refractivity (Wildman–Crippen MR) is 84.7 cm³/mol. The van der Waals surface area contributed by atoms with Crippen molar-refractivity contribution in [3.05, 3.63) is 45.4 Å². The van der Waals surface area contributed by atoms with E-state index in [0.29, 0.717) is 0 Å². The van der Waals surface area contributed by atoms with Gasteiger partial charge in [-0.15, -0.1) is 11.3 Å². The number of aryl methyl sites for hydroxylation is 1. The van der Waals surface area contributed by atoms with E-state index in [-0.39, 0.29) is 6.04 Å².